The Kier molecular flexibility index (Phi) is 5.87. The fraction of sp³-hybridized carbons (Fsp3) is 0.344. The van der Waals surface area contributed by atoms with Gasteiger partial charge in [0.25, 0.3) is 0 Å². The van der Waals surface area contributed by atoms with Crippen LogP contribution >= 0.6 is 0 Å². The Morgan fingerprint density at radius 1 is 0.861 bits per heavy atom. The van der Waals surface area contributed by atoms with Gasteiger partial charge in [-0.25, -0.2) is 4.39 Å². The van der Waals surface area contributed by atoms with Gasteiger partial charge < -0.3 is 4.42 Å². The summed E-state index contributed by atoms with van der Waals surface area (Å²) in [4.78, 5) is 0. The molecule has 186 valence electrons. The third kappa shape index (κ3) is 3.87. The molecule has 4 heteroatoms. The second-order valence-electron chi connectivity index (χ2n) is 11.9. The molecule has 0 saturated carbocycles. The molecule has 5 aromatic rings. The molecule has 0 aliphatic heterocycles. The minimum absolute atomic E-state index is 0.231. The van der Waals surface area contributed by atoms with Crippen LogP contribution in [0.1, 0.15) is 36.1 Å². The highest BCUT2D eigenvalue weighted by Gasteiger charge is 2.27. The normalized spacial score (nSPS) is 12.5. The molecule has 5 rings (SSSR count). The van der Waals surface area contributed by atoms with E-state index in [-0.39, 0.29) is 5.82 Å². The van der Waals surface area contributed by atoms with Crippen LogP contribution in [0.3, 0.4) is 0 Å². The van der Waals surface area contributed by atoms with Gasteiger partial charge in [0.1, 0.15) is 24.0 Å². The van der Waals surface area contributed by atoms with E-state index in [9.17, 15) is 4.39 Å². The zero-order valence-electron chi connectivity index (χ0n) is 23.1. The van der Waals surface area contributed by atoms with Crippen LogP contribution in [-0.4, -0.2) is 8.07 Å². The molecule has 2 heterocycles. The van der Waals surface area contributed by atoms with E-state index in [1.54, 1.807) is 13.0 Å². The number of halogens is 1. The zero-order valence-corrected chi connectivity index (χ0v) is 24.1. The van der Waals surface area contributed by atoms with Gasteiger partial charge in [-0.2, -0.15) is 4.57 Å². The summed E-state index contributed by atoms with van der Waals surface area (Å²) in [7, 11) is 0.688. The van der Waals surface area contributed by atoms with Crippen LogP contribution in [0, 0.1) is 32.5 Å². The molecular weight excluding hydrogens is 461 g/mol. The monoisotopic (exact) mass is 498 g/mol. The average molecular weight is 499 g/mol. The lowest BCUT2D eigenvalue weighted by Gasteiger charge is -2.18. The van der Waals surface area contributed by atoms with Crippen LogP contribution in [0.15, 0.2) is 46.9 Å². The smallest absolute Gasteiger partial charge is 0.217 e. The summed E-state index contributed by atoms with van der Waals surface area (Å²) in [6.45, 7) is 17.9. The van der Waals surface area contributed by atoms with Crippen molar-refractivity contribution in [2.75, 3.05) is 0 Å². The molecule has 0 unspecified atom stereocenters. The fourth-order valence-electron chi connectivity index (χ4n) is 5.49. The Morgan fingerprint density at radius 3 is 2.22 bits per heavy atom. The molecule has 2 nitrogen and oxygen atoms in total. The molecule has 3 aromatic carbocycles. The van der Waals surface area contributed by atoms with Gasteiger partial charge in [0, 0.05) is 33.9 Å². The van der Waals surface area contributed by atoms with Gasteiger partial charge in [-0.1, -0.05) is 44.7 Å². The molecular formula is C32H37FNOSi+. The summed E-state index contributed by atoms with van der Waals surface area (Å²) in [5.74, 6) is 0.312. The molecule has 0 spiro atoms. The number of nitrogens with zero attached hydrogens (tertiary/aromatic N) is 1. The fourth-order valence-corrected chi connectivity index (χ4v) is 6.64. The van der Waals surface area contributed by atoms with Crippen molar-refractivity contribution in [2.24, 2.45) is 13.0 Å². The SMILES string of the molecule is Cc1cc2c(oc3c(C)c(F)ccc32)c(-c2cc(CC(C)C)c3ccc([Si](C)(C)C)cc3[n+]2C)c1C. The van der Waals surface area contributed by atoms with Gasteiger partial charge >= 0.3 is 0 Å². The highest BCUT2D eigenvalue weighted by atomic mass is 28.3. The van der Waals surface area contributed by atoms with Gasteiger partial charge in [0.15, 0.2) is 0 Å². The van der Waals surface area contributed by atoms with Crippen molar-refractivity contribution in [3.63, 3.8) is 0 Å². The number of benzene rings is 3. The quantitative estimate of drug-likeness (QED) is 0.181. The van der Waals surface area contributed by atoms with Gasteiger partial charge in [-0.05, 0) is 74.1 Å². The predicted octanol–water partition coefficient (Wildman–Crippen LogP) is 8.04. The van der Waals surface area contributed by atoms with E-state index in [1.807, 2.05) is 6.07 Å². The highest BCUT2D eigenvalue weighted by molar-refractivity contribution is 6.88. The first-order chi connectivity index (χ1) is 16.9. The molecule has 0 atom stereocenters. The predicted molar refractivity (Wildman–Crippen MR) is 154 cm³/mol. The van der Waals surface area contributed by atoms with Gasteiger partial charge in [0.05, 0.1) is 13.6 Å². The van der Waals surface area contributed by atoms with E-state index in [0.29, 0.717) is 17.1 Å². The number of furan rings is 1. The number of pyridine rings is 1. The topological polar surface area (TPSA) is 17.0 Å². The maximum Gasteiger partial charge on any atom is 0.217 e. The molecule has 0 N–H and O–H groups in total. The first-order valence-corrected chi connectivity index (χ1v) is 16.5. The number of rotatable bonds is 4. The Balaban J connectivity index is 1.93. The number of aromatic nitrogens is 1. The molecule has 0 aliphatic rings. The summed E-state index contributed by atoms with van der Waals surface area (Å²) in [5, 5.41) is 4.80. The van der Waals surface area contributed by atoms with Crippen LogP contribution in [0.5, 0.6) is 0 Å². The summed E-state index contributed by atoms with van der Waals surface area (Å²) in [6, 6.07) is 15.0. The van der Waals surface area contributed by atoms with Crippen LogP contribution in [0.2, 0.25) is 19.6 Å². The van der Waals surface area contributed by atoms with Crippen molar-refractivity contribution >= 4 is 46.1 Å². The van der Waals surface area contributed by atoms with Gasteiger partial charge in [-0.3, -0.25) is 0 Å². The van der Waals surface area contributed by atoms with E-state index in [0.717, 1.165) is 34.0 Å². The Morgan fingerprint density at radius 2 is 1.56 bits per heavy atom. The molecule has 36 heavy (non-hydrogen) atoms. The Bertz CT molecular complexity index is 1670. The van der Waals surface area contributed by atoms with Crippen molar-refractivity contribution in [1.29, 1.82) is 0 Å². The first kappa shape index (κ1) is 24.7. The van der Waals surface area contributed by atoms with Crippen molar-refractivity contribution in [3.8, 4) is 11.3 Å². The minimum Gasteiger partial charge on any atom is -0.455 e. The van der Waals surface area contributed by atoms with Crippen molar-refractivity contribution in [1.82, 2.24) is 0 Å². The number of hydrogen-bond donors (Lipinski definition) is 0. The maximum atomic E-state index is 14.4. The lowest BCUT2D eigenvalue weighted by molar-refractivity contribution is -0.633. The van der Waals surface area contributed by atoms with Crippen LogP contribution < -0.4 is 9.75 Å². The lowest BCUT2D eigenvalue weighted by atomic mass is 9.92. The number of hydrogen-bond acceptors (Lipinski definition) is 1. The summed E-state index contributed by atoms with van der Waals surface area (Å²) in [6.07, 6.45) is 1.01. The standard InChI is InChI=1S/C32H37FNOSi/c1-18(2)14-22-16-29(34(6)28-17-23(36(7,8)9)10-11-24(22)28)30-20(4)19(3)15-26-25-12-13-27(33)21(5)31(25)35-32(26)30/h10-13,15-18H,14H2,1-9H3/q+1. The van der Waals surface area contributed by atoms with E-state index >= 15 is 0 Å². The molecule has 0 saturated heterocycles. The zero-order chi connectivity index (χ0) is 26.1. The number of aryl methyl sites for hydroxylation is 3. The largest absolute Gasteiger partial charge is 0.455 e. The van der Waals surface area contributed by atoms with E-state index < -0.39 is 8.07 Å². The lowest BCUT2D eigenvalue weighted by Crippen LogP contribution is -2.40. The third-order valence-electron chi connectivity index (χ3n) is 7.76. The van der Waals surface area contributed by atoms with Crippen molar-refractivity contribution < 1.29 is 13.4 Å². The number of fused-ring (bicyclic) bond motifs is 4. The Hall–Kier alpha value is -2.98. The Labute approximate surface area is 214 Å². The van der Waals surface area contributed by atoms with E-state index in [1.165, 1.54) is 32.8 Å². The van der Waals surface area contributed by atoms with Crippen LogP contribution in [-0.2, 0) is 13.5 Å². The molecule has 2 aromatic heterocycles. The third-order valence-corrected chi connectivity index (χ3v) is 9.80. The molecule has 0 aliphatic carbocycles. The van der Waals surface area contributed by atoms with Crippen LogP contribution in [0.25, 0.3) is 44.1 Å². The maximum absolute atomic E-state index is 14.4. The van der Waals surface area contributed by atoms with E-state index in [4.69, 9.17) is 4.42 Å². The minimum atomic E-state index is -1.48. The van der Waals surface area contributed by atoms with Gasteiger partial charge in [0.2, 0.25) is 11.2 Å². The summed E-state index contributed by atoms with van der Waals surface area (Å²) < 4.78 is 23.3. The first-order valence-electron chi connectivity index (χ1n) is 13.0. The van der Waals surface area contributed by atoms with Gasteiger partial charge in [-0.15, -0.1) is 0 Å². The highest BCUT2D eigenvalue weighted by Crippen LogP contribution is 2.40. The average Bonchev–Trinajstić information content (AvgIpc) is 3.16. The van der Waals surface area contributed by atoms with Crippen LogP contribution in [0.4, 0.5) is 4.39 Å². The molecule has 0 amide bonds. The molecule has 0 radical (unpaired) electrons. The van der Waals surface area contributed by atoms with E-state index in [2.05, 4.69) is 89.3 Å². The van der Waals surface area contributed by atoms with Crippen molar-refractivity contribution in [3.05, 3.63) is 70.5 Å². The molecule has 0 fully saturated rings. The molecule has 0 bridgehead atoms. The summed E-state index contributed by atoms with van der Waals surface area (Å²) >= 11 is 0. The second-order valence-corrected chi connectivity index (χ2v) is 17.0. The second kappa shape index (κ2) is 8.55. The van der Waals surface area contributed by atoms with Crippen molar-refractivity contribution in [2.45, 2.75) is 60.7 Å². The summed E-state index contributed by atoms with van der Waals surface area (Å²) in [5.41, 5.74) is 9.33.